The standard InChI is InChI=1S/C16H14N4O2S/c1-10-17-7-12(16(22)20-10)15(21)18-8-13-14(19-9-23-13)11-5-3-2-4-6-11/h2-7,9H,8H2,1H3,(H,18,21)(H,17,20,22). The first-order chi connectivity index (χ1) is 11.1. The molecule has 0 spiro atoms. The number of carbonyl (C=O) groups is 1. The third kappa shape index (κ3) is 3.35. The summed E-state index contributed by atoms with van der Waals surface area (Å²) in [4.78, 5) is 35.6. The number of nitrogens with zero attached hydrogens (tertiary/aromatic N) is 2. The zero-order chi connectivity index (χ0) is 16.2. The molecule has 2 N–H and O–H groups in total. The van der Waals surface area contributed by atoms with Crippen molar-refractivity contribution < 1.29 is 4.79 Å². The highest BCUT2D eigenvalue weighted by Crippen LogP contribution is 2.24. The molecular weight excluding hydrogens is 312 g/mol. The van der Waals surface area contributed by atoms with E-state index < -0.39 is 11.5 Å². The van der Waals surface area contributed by atoms with Crippen molar-refractivity contribution in [1.82, 2.24) is 20.3 Å². The number of aryl methyl sites for hydroxylation is 1. The van der Waals surface area contributed by atoms with Crippen molar-refractivity contribution in [3.05, 3.63) is 68.7 Å². The lowest BCUT2D eigenvalue weighted by Gasteiger charge is -2.05. The van der Waals surface area contributed by atoms with Crippen LogP contribution in [0, 0.1) is 6.92 Å². The molecule has 0 saturated heterocycles. The van der Waals surface area contributed by atoms with Gasteiger partial charge in [0.1, 0.15) is 11.4 Å². The minimum absolute atomic E-state index is 0.00127. The first-order valence-electron chi connectivity index (χ1n) is 6.97. The maximum absolute atomic E-state index is 12.1. The number of H-pyrrole nitrogens is 1. The molecule has 0 aliphatic carbocycles. The van der Waals surface area contributed by atoms with E-state index in [-0.39, 0.29) is 5.56 Å². The second-order valence-corrected chi connectivity index (χ2v) is 5.82. The van der Waals surface area contributed by atoms with Gasteiger partial charge in [0.25, 0.3) is 11.5 Å². The van der Waals surface area contributed by atoms with E-state index >= 15 is 0 Å². The summed E-state index contributed by atoms with van der Waals surface area (Å²) in [6, 6.07) is 9.75. The number of aromatic amines is 1. The molecule has 0 aliphatic rings. The second-order valence-electron chi connectivity index (χ2n) is 4.88. The van der Waals surface area contributed by atoms with E-state index in [0.29, 0.717) is 12.4 Å². The fourth-order valence-electron chi connectivity index (χ4n) is 2.13. The van der Waals surface area contributed by atoms with Crippen LogP contribution >= 0.6 is 11.3 Å². The lowest BCUT2D eigenvalue weighted by Crippen LogP contribution is -2.29. The molecule has 23 heavy (non-hydrogen) atoms. The normalized spacial score (nSPS) is 10.5. The van der Waals surface area contributed by atoms with E-state index in [1.165, 1.54) is 17.5 Å². The van der Waals surface area contributed by atoms with E-state index in [1.807, 2.05) is 30.3 Å². The molecule has 3 rings (SSSR count). The van der Waals surface area contributed by atoms with Gasteiger partial charge in [-0.3, -0.25) is 9.59 Å². The van der Waals surface area contributed by atoms with Gasteiger partial charge in [-0.1, -0.05) is 30.3 Å². The molecule has 6 nitrogen and oxygen atoms in total. The quantitative estimate of drug-likeness (QED) is 0.769. The molecule has 0 atom stereocenters. The number of hydrogen-bond donors (Lipinski definition) is 2. The van der Waals surface area contributed by atoms with Crippen LogP contribution in [-0.2, 0) is 6.54 Å². The number of hydrogen-bond acceptors (Lipinski definition) is 5. The predicted molar refractivity (Wildman–Crippen MR) is 88.3 cm³/mol. The molecular formula is C16H14N4O2S. The van der Waals surface area contributed by atoms with Crippen molar-refractivity contribution in [3.63, 3.8) is 0 Å². The lowest BCUT2D eigenvalue weighted by molar-refractivity contribution is 0.0949. The smallest absolute Gasteiger partial charge is 0.263 e. The van der Waals surface area contributed by atoms with E-state index in [0.717, 1.165) is 16.1 Å². The van der Waals surface area contributed by atoms with E-state index in [1.54, 1.807) is 12.4 Å². The molecule has 0 saturated carbocycles. The second kappa shape index (κ2) is 6.53. The van der Waals surface area contributed by atoms with Gasteiger partial charge in [-0.05, 0) is 6.92 Å². The summed E-state index contributed by atoms with van der Waals surface area (Å²) in [6.45, 7) is 1.97. The van der Waals surface area contributed by atoms with E-state index in [2.05, 4.69) is 20.3 Å². The Hall–Kier alpha value is -2.80. The van der Waals surface area contributed by atoms with Crippen LogP contribution in [0.3, 0.4) is 0 Å². The van der Waals surface area contributed by atoms with Gasteiger partial charge in [-0.25, -0.2) is 9.97 Å². The zero-order valence-electron chi connectivity index (χ0n) is 12.4. The lowest BCUT2D eigenvalue weighted by atomic mass is 10.1. The van der Waals surface area contributed by atoms with Crippen molar-refractivity contribution in [2.24, 2.45) is 0 Å². The predicted octanol–water partition coefficient (Wildman–Crippen LogP) is 2.13. The molecule has 116 valence electrons. The van der Waals surface area contributed by atoms with Gasteiger partial charge >= 0.3 is 0 Å². The van der Waals surface area contributed by atoms with Crippen LogP contribution in [0.25, 0.3) is 11.3 Å². The van der Waals surface area contributed by atoms with Gasteiger partial charge in [0.05, 0.1) is 22.6 Å². The van der Waals surface area contributed by atoms with E-state index in [9.17, 15) is 9.59 Å². The zero-order valence-corrected chi connectivity index (χ0v) is 13.2. The molecule has 2 heterocycles. The Morgan fingerprint density at radius 3 is 2.78 bits per heavy atom. The maximum Gasteiger partial charge on any atom is 0.263 e. The molecule has 2 aromatic heterocycles. The monoisotopic (exact) mass is 326 g/mol. The van der Waals surface area contributed by atoms with Crippen LogP contribution in [0.5, 0.6) is 0 Å². The number of amides is 1. The van der Waals surface area contributed by atoms with Gasteiger partial charge in [-0.2, -0.15) is 0 Å². The van der Waals surface area contributed by atoms with Crippen molar-refractivity contribution in [1.29, 1.82) is 0 Å². The highest BCUT2D eigenvalue weighted by Gasteiger charge is 2.13. The molecule has 1 amide bonds. The van der Waals surface area contributed by atoms with Crippen molar-refractivity contribution >= 4 is 17.2 Å². The summed E-state index contributed by atoms with van der Waals surface area (Å²) >= 11 is 1.46. The van der Waals surface area contributed by atoms with Gasteiger partial charge in [0.15, 0.2) is 0 Å². The van der Waals surface area contributed by atoms with Crippen molar-refractivity contribution in [2.45, 2.75) is 13.5 Å². The first-order valence-corrected chi connectivity index (χ1v) is 7.85. The highest BCUT2D eigenvalue weighted by atomic mass is 32.1. The summed E-state index contributed by atoms with van der Waals surface area (Å²) < 4.78 is 0. The van der Waals surface area contributed by atoms with E-state index in [4.69, 9.17) is 0 Å². The third-order valence-corrected chi connectivity index (χ3v) is 4.10. The Bertz CT molecular complexity index is 886. The number of thiazole rings is 1. The van der Waals surface area contributed by atoms with Crippen molar-refractivity contribution in [3.8, 4) is 11.3 Å². The Labute approximate surface area is 136 Å². The number of nitrogens with one attached hydrogen (secondary N) is 2. The SMILES string of the molecule is Cc1ncc(C(=O)NCc2scnc2-c2ccccc2)c(=O)[nH]1. The fraction of sp³-hybridized carbons (Fsp3) is 0.125. The molecule has 0 unspecified atom stereocenters. The average molecular weight is 326 g/mol. The molecule has 0 bridgehead atoms. The maximum atomic E-state index is 12.1. The number of aromatic nitrogens is 3. The largest absolute Gasteiger partial charge is 0.347 e. The fourth-order valence-corrected chi connectivity index (χ4v) is 2.85. The van der Waals surface area contributed by atoms with Gasteiger partial charge in [-0.15, -0.1) is 11.3 Å². The van der Waals surface area contributed by atoms with Crippen LogP contribution < -0.4 is 10.9 Å². The number of carbonyl (C=O) groups excluding carboxylic acids is 1. The Morgan fingerprint density at radius 1 is 1.26 bits per heavy atom. The molecule has 3 aromatic rings. The topological polar surface area (TPSA) is 87.7 Å². The third-order valence-electron chi connectivity index (χ3n) is 3.27. The molecule has 0 fully saturated rings. The summed E-state index contributed by atoms with van der Waals surface area (Å²) in [6.07, 6.45) is 1.29. The summed E-state index contributed by atoms with van der Waals surface area (Å²) in [7, 11) is 0. The van der Waals surface area contributed by atoms with Gasteiger partial charge in [0, 0.05) is 11.8 Å². The molecule has 1 aromatic carbocycles. The van der Waals surface area contributed by atoms with Crippen LogP contribution in [0.1, 0.15) is 21.1 Å². The Morgan fingerprint density at radius 2 is 2.04 bits per heavy atom. The van der Waals surface area contributed by atoms with Crippen LogP contribution in [0.15, 0.2) is 46.8 Å². The van der Waals surface area contributed by atoms with Crippen LogP contribution in [0.4, 0.5) is 0 Å². The van der Waals surface area contributed by atoms with Gasteiger partial charge in [0.2, 0.25) is 0 Å². The molecule has 0 radical (unpaired) electrons. The van der Waals surface area contributed by atoms with Crippen molar-refractivity contribution in [2.75, 3.05) is 0 Å². The Balaban J connectivity index is 1.76. The molecule has 7 heteroatoms. The minimum Gasteiger partial charge on any atom is -0.347 e. The summed E-state index contributed by atoms with van der Waals surface area (Å²) in [5, 5.41) is 2.74. The Kier molecular flexibility index (Phi) is 4.29. The van der Waals surface area contributed by atoms with Crippen LogP contribution in [-0.4, -0.2) is 20.9 Å². The number of benzene rings is 1. The summed E-state index contributed by atoms with van der Waals surface area (Å²) in [5.74, 6) is 0.0199. The molecule has 0 aliphatic heterocycles. The minimum atomic E-state index is -0.453. The number of rotatable bonds is 4. The first kappa shape index (κ1) is 15.1. The van der Waals surface area contributed by atoms with Crippen LogP contribution in [0.2, 0.25) is 0 Å². The average Bonchev–Trinajstić information content (AvgIpc) is 3.02. The van der Waals surface area contributed by atoms with Gasteiger partial charge < -0.3 is 10.3 Å². The summed E-state index contributed by atoms with van der Waals surface area (Å²) in [5.41, 5.74) is 3.13. The highest BCUT2D eigenvalue weighted by molar-refractivity contribution is 7.10.